The minimum atomic E-state index is -0.132. The molecule has 5 nitrogen and oxygen atoms in total. The lowest BCUT2D eigenvalue weighted by Gasteiger charge is -2.15. The summed E-state index contributed by atoms with van der Waals surface area (Å²) in [4.78, 5) is 12.5. The van der Waals surface area contributed by atoms with Gasteiger partial charge >= 0.3 is 0 Å². The highest BCUT2D eigenvalue weighted by atomic mass is 35.5. The Labute approximate surface area is 164 Å². The molecular weight excluding hydrogens is 366 g/mol. The van der Waals surface area contributed by atoms with Crippen LogP contribution >= 0.6 is 11.6 Å². The third kappa shape index (κ3) is 5.37. The zero-order chi connectivity index (χ0) is 19.1. The van der Waals surface area contributed by atoms with E-state index in [1.165, 1.54) is 0 Å². The summed E-state index contributed by atoms with van der Waals surface area (Å²) in [6.45, 7) is 4.00. The molecule has 1 atom stereocenters. The molecule has 27 heavy (non-hydrogen) atoms. The number of para-hydroxylation sites is 1. The number of halogens is 1. The average Bonchev–Trinajstić information content (AvgIpc) is 3.20. The molecule has 0 spiro atoms. The predicted octanol–water partition coefficient (Wildman–Crippen LogP) is 4.23. The molecule has 6 heteroatoms. The number of ether oxygens (including phenoxy) is 3. The Kier molecular flexibility index (Phi) is 6.96. The van der Waals surface area contributed by atoms with Gasteiger partial charge in [-0.15, -0.1) is 0 Å². The summed E-state index contributed by atoms with van der Waals surface area (Å²) in [5, 5.41) is 3.48. The Hall–Kier alpha value is -2.24. The van der Waals surface area contributed by atoms with Crippen molar-refractivity contribution in [3.05, 3.63) is 58.6 Å². The molecule has 1 amide bonds. The molecule has 1 aliphatic rings. The van der Waals surface area contributed by atoms with Crippen LogP contribution in [0.15, 0.2) is 42.5 Å². The van der Waals surface area contributed by atoms with Crippen LogP contribution in [-0.2, 0) is 11.3 Å². The number of carbonyl (C=O) groups excluding carboxylic acids is 1. The first-order chi connectivity index (χ1) is 13.2. The van der Waals surface area contributed by atoms with Gasteiger partial charge in [0.1, 0.15) is 18.1 Å². The second-order valence-corrected chi connectivity index (χ2v) is 6.73. The largest absolute Gasteiger partial charge is 0.493 e. The van der Waals surface area contributed by atoms with Crippen molar-refractivity contribution in [1.82, 2.24) is 5.32 Å². The van der Waals surface area contributed by atoms with Crippen LogP contribution in [0.25, 0.3) is 0 Å². The van der Waals surface area contributed by atoms with Gasteiger partial charge < -0.3 is 19.5 Å². The van der Waals surface area contributed by atoms with E-state index in [1.54, 1.807) is 30.3 Å². The van der Waals surface area contributed by atoms with Gasteiger partial charge in [-0.2, -0.15) is 0 Å². The molecule has 0 aliphatic carbocycles. The monoisotopic (exact) mass is 389 g/mol. The lowest BCUT2D eigenvalue weighted by molar-refractivity contribution is 0.0857. The summed E-state index contributed by atoms with van der Waals surface area (Å²) in [5.41, 5.74) is 1.36. The maximum atomic E-state index is 12.5. The molecule has 1 N–H and O–H groups in total. The molecule has 0 radical (unpaired) electrons. The van der Waals surface area contributed by atoms with E-state index in [9.17, 15) is 4.79 Å². The van der Waals surface area contributed by atoms with Crippen molar-refractivity contribution in [2.45, 2.75) is 32.5 Å². The van der Waals surface area contributed by atoms with Crippen LogP contribution in [0.1, 0.15) is 35.7 Å². The molecular formula is C21H24ClNO4. The van der Waals surface area contributed by atoms with E-state index >= 15 is 0 Å². The van der Waals surface area contributed by atoms with Crippen LogP contribution < -0.4 is 14.8 Å². The van der Waals surface area contributed by atoms with Gasteiger partial charge in [0.15, 0.2) is 0 Å². The third-order valence-corrected chi connectivity index (χ3v) is 4.67. The Bertz CT molecular complexity index is 775. The van der Waals surface area contributed by atoms with E-state index in [1.807, 2.05) is 19.1 Å². The van der Waals surface area contributed by atoms with Gasteiger partial charge in [-0.05, 0) is 50.1 Å². The van der Waals surface area contributed by atoms with Crippen LogP contribution in [0.3, 0.4) is 0 Å². The molecule has 1 heterocycles. The summed E-state index contributed by atoms with van der Waals surface area (Å²) < 4.78 is 17.0. The first-order valence-electron chi connectivity index (χ1n) is 9.20. The molecule has 0 aromatic heterocycles. The highest BCUT2D eigenvalue weighted by molar-refractivity contribution is 6.32. The predicted molar refractivity (Wildman–Crippen MR) is 105 cm³/mol. The molecule has 0 saturated carbocycles. The van der Waals surface area contributed by atoms with Gasteiger partial charge in [-0.3, -0.25) is 4.79 Å². The van der Waals surface area contributed by atoms with Crippen molar-refractivity contribution in [3.8, 4) is 11.5 Å². The molecule has 1 aliphatic heterocycles. The molecule has 1 fully saturated rings. The number of hydrogen-bond donors (Lipinski definition) is 1. The lowest BCUT2D eigenvalue weighted by atomic mass is 10.1. The van der Waals surface area contributed by atoms with E-state index in [-0.39, 0.29) is 18.6 Å². The van der Waals surface area contributed by atoms with E-state index in [2.05, 4.69) is 5.32 Å². The summed E-state index contributed by atoms with van der Waals surface area (Å²) in [7, 11) is 0. The summed E-state index contributed by atoms with van der Waals surface area (Å²) in [6.07, 6.45) is 2.15. The summed E-state index contributed by atoms with van der Waals surface area (Å²) >= 11 is 6.14. The van der Waals surface area contributed by atoms with Crippen molar-refractivity contribution >= 4 is 17.5 Å². The Morgan fingerprint density at radius 1 is 1.22 bits per heavy atom. The maximum Gasteiger partial charge on any atom is 0.251 e. The number of carbonyl (C=O) groups is 1. The summed E-state index contributed by atoms with van der Waals surface area (Å²) in [5.74, 6) is 1.16. The number of nitrogens with one attached hydrogen (secondary N) is 1. The van der Waals surface area contributed by atoms with Crippen molar-refractivity contribution in [2.24, 2.45) is 0 Å². The Morgan fingerprint density at radius 3 is 2.81 bits per heavy atom. The average molecular weight is 390 g/mol. The van der Waals surface area contributed by atoms with E-state index in [0.717, 1.165) is 25.0 Å². The fraction of sp³-hybridized carbons (Fsp3) is 0.381. The highest BCUT2D eigenvalue weighted by Crippen LogP contribution is 2.27. The molecule has 1 unspecified atom stereocenters. The minimum absolute atomic E-state index is 0.111. The van der Waals surface area contributed by atoms with E-state index in [0.29, 0.717) is 35.2 Å². The molecule has 2 aromatic carbocycles. The number of hydrogen-bond acceptors (Lipinski definition) is 4. The third-order valence-electron chi connectivity index (χ3n) is 4.36. The number of rotatable bonds is 8. The van der Waals surface area contributed by atoms with Gasteiger partial charge in [0.2, 0.25) is 0 Å². The Balaban J connectivity index is 1.69. The van der Waals surface area contributed by atoms with Crippen molar-refractivity contribution in [1.29, 1.82) is 0 Å². The molecule has 2 aromatic rings. The standard InChI is InChI=1S/C21H24ClNO4/c1-2-25-19-10-9-15(21(24)23-13-17-6-5-11-26-17)12-16(19)14-27-20-8-4-3-7-18(20)22/h3-4,7-10,12,17H,2,5-6,11,13-14H2,1H3,(H,23,24). The van der Waals surface area contributed by atoms with Gasteiger partial charge in [0, 0.05) is 24.3 Å². The smallest absolute Gasteiger partial charge is 0.251 e. The fourth-order valence-electron chi connectivity index (χ4n) is 2.96. The van der Waals surface area contributed by atoms with Gasteiger partial charge in [0.05, 0.1) is 17.7 Å². The lowest BCUT2D eigenvalue weighted by Crippen LogP contribution is -2.31. The number of amides is 1. The molecule has 0 bridgehead atoms. The van der Waals surface area contributed by atoms with Crippen molar-refractivity contribution < 1.29 is 19.0 Å². The topological polar surface area (TPSA) is 56.8 Å². The first-order valence-corrected chi connectivity index (χ1v) is 9.58. The van der Waals surface area contributed by atoms with Crippen LogP contribution in [-0.4, -0.2) is 31.8 Å². The summed E-state index contributed by atoms with van der Waals surface area (Å²) in [6, 6.07) is 12.6. The molecule has 3 rings (SSSR count). The maximum absolute atomic E-state index is 12.5. The fourth-order valence-corrected chi connectivity index (χ4v) is 3.15. The highest BCUT2D eigenvalue weighted by Gasteiger charge is 2.17. The van der Waals surface area contributed by atoms with Crippen LogP contribution in [0, 0.1) is 0 Å². The second kappa shape index (κ2) is 9.62. The van der Waals surface area contributed by atoms with Crippen molar-refractivity contribution in [3.63, 3.8) is 0 Å². The molecule has 144 valence electrons. The normalized spacial score (nSPS) is 16.1. The molecule has 1 saturated heterocycles. The first kappa shape index (κ1) is 19.5. The van der Waals surface area contributed by atoms with Crippen LogP contribution in [0.4, 0.5) is 0 Å². The Morgan fingerprint density at radius 2 is 2.07 bits per heavy atom. The van der Waals surface area contributed by atoms with Gasteiger partial charge in [0.25, 0.3) is 5.91 Å². The van der Waals surface area contributed by atoms with Gasteiger partial charge in [-0.1, -0.05) is 23.7 Å². The van der Waals surface area contributed by atoms with Crippen LogP contribution in [0.2, 0.25) is 5.02 Å². The SMILES string of the molecule is CCOc1ccc(C(=O)NCC2CCCO2)cc1COc1ccccc1Cl. The van der Waals surface area contributed by atoms with E-state index < -0.39 is 0 Å². The van der Waals surface area contributed by atoms with E-state index in [4.69, 9.17) is 25.8 Å². The van der Waals surface area contributed by atoms with Crippen LogP contribution in [0.5, 0.6) is 11.5 Å². The van der Waals surface area contributed by atoms with Gasteiger partial charge in [-0.25, -0.2) is 0 Å². The quantitative estimate of drug-likeness (QED) is 0.734. The number of benzene rings is 2. The van der Waals surface area contributed by atoms with Crippen molar-refractivity contribution in [2.75, 3.05) is 19.8 Å². The second-order valence-electron chi connectivity index (χ2n) is 6.32. The zero-order valence-electron chi connectivity index (χ0n) is 15.4. The zero-order valence-corrected chi connectivity index (χ0v) is 16.1. The minimum Gasteiger partial charge on any atom is -0.493 e.